The third-order valence-electron chi connectivity index (χ3n) is 5.28. The first-order valence-corrected chi connectivity index (χ1v) is 11.8. The number of hydrogen-bond donors (Lipinski definition) is 1. The molecular weight excluding hydrogens is 416 g/mol. The van der Waals surface area contributed by atoms with Gasteiger partial charge in [-0.15, -0.1) is 0 Å². The zero-order valence-electron chi connectivity index (χ0n) is 17.6. The molecule has 31 heavy (non-hydrogen) atoms. The zero-order chi connectivity index (χ0) is 22.0. The molecule has 1 aromatic heterocycles. The summed E-state index contributed by atoms with van der Waals surface area (Å²) in [5.41, 5.74) is 0.887. The summed E-state index contributed by atoms with van der Waals surface area (Å²) >= 11 is 0. The van der Waals surface area contributed by atoms with Gasteiger partial charge >= 0.3 is 10.2 Å². The molecule has 0 radical (unpaired) electrons. The van der Waals surface area contributed by atoms with E-state index in [2.05, 4.69) is 9.71 Å². The van der Waals surface area contributed by atoms with Gasteiger partial charge < -0.3 is 4.74 Å². The van der Waals surface area contributed by atoms with Crippen LogP contribution in [0.25, 0.3) is 10.9 Å². The molecule has 0 bridgehead atoms. The van der Waals surface area contributed by atoms with Gasteiger partial charge in [-0.1, -0.05) is 12.5 Å². The van der Waals surface area contributed by atoms with Gasteiger partial charge in [0.15, 0.2) is 0 Å². The second-order valence-electron chi connectivity index (χ2n) is 7.93. The first-order chi connectivity index (χ1) is 14.8. The Morgan fingerprint density at radius 2 is 1.77 bits per heavy atom. The minimum Gasteiger partial charge on any atom is -0.457 e. The lowest BCUT2D eigenvalue weighted by Crippen LogP contribution is -2.39. The summed E-state index contributed by atoms with van der Waals surface area (Å²) in [7, 11) is -3.60. The van der Waals surface area contributed by atoms with E-state index >= 15 is 0 Å². The summed E-state index contributed by atoms with van der Waals surface area (Å²) < 4.78 is 36.8. The summed E-state index contributed by atoms with van der Waals surface area (Å²) in [6.45, 7) is 4.91. The van der Waals surface area contributed by atoms with E-state index in [-0.39, 0.29) is 11.6 Å². The Hall–Kier alpha value is -2.91. The highest BCUT2D eigenvalue weighted by Gasteiger charge is 2.23. The molecule has 0 spiro atoms. The van der Waals surface area contributed by atoms with Gasteiger partial charge in [0.05, 0.1) is 22.9 Å². The van der Waals surface area contributed by atoms with E-state index in [9.17, 15) is 13.2 Å². The number of aromatic nitrogens is 2. The van der Waals surface area contributed by atoms with Crippen LogP contribution >= 0.6 is 0 Å². The Morgan fingerprint density at radius 1 is 1.03 bits per heavy atom. The van der Waals surface area contributed by atoms with Crippen LogP contribution < -0.4 is 15.0 Å². The fourth-order valence-corrected chi connectivity index (χ4v) is 4.92. The highest BCUT2D eigenvalue weighted by atomic mass is 32.2. The van der Waals surface area contributed by atoms with Crippen molar-refractivity contribution in [2.75, 3.05) is 17.8 Å². The van der Waals surface area contributed by atoms with E-state index in [1.54, 1.807) is 53.4 Å². The summed E-state index contributed by atoms with van der Waals surface area (Å²) in [4.78, 5) is 17.1. The summed E-state index contributed by atoms with van der Waals surface area (Å²) in [5.74, 6) is 0.940. The second-order valence-corrected chi connectivity index (χ2v) is 9.60. The Kier molecular flexibility index (Phi) is 5.97. The van der Waals surface area contributed by atoms with E-state index in [1.165, 1.54) is 4.31 Å². The molecule has 9 heteroatoms. The molecule has 1 N–H and O–H groups in total. The smallest absolute Gasteiger partial charge is 0.301 e. The quantitative estimate of drug-likeness (QED) is 0.625. The molecule has 1 fully saturated rings. The van der Waals surface area contributed by atoms with Crippen molar-refractivity contribution < 1.29 is 13.2 Å². The molecular formula is C22H26N4O4S. The average molecular weight is 443 g/mol. The topological polar surface area (TPSA) is 93.5 Å². The predicted molar refractivity (Wildman–Crippen MR) is 121 cm³/mol. The van der Waals surface area contributed by atoms with Crippen molar-refractivity contribution in [3.63, 3.8) is 0 Å². The van der Waals surface area contributed by atoms with Gasteiger partial charge in [-0.2, -0.15) is 12.7 Å². The van der Waals surface area contributed by atoms with Crippen LogP contribution in [0.3, 0.4) is 0 Å². The van der Waals surface area contributed by atoms with Crippen LogP contribution in [0.2, 0.25) is 0 Å². The maximum atomic E-state index is 12.7. The molecule has 4 rings (SSSR count). The molecule has 1 aliphatic rings. The third kappa shape index (κ3) is 4.72. The SMILES string of the molecule is CC(C)n1cnc2ccc(Oc3cccc(NS(=O)(=O)N4CCCCC4)c3)cc2c1=O. The van der Waals surface area contributed by atoms with Gasteiger partial charge in [0.25, 0.3) is 5.56 Å². The van der Waals surface area contributed by atoms with Crippen LogP contribution in [0, 0.1) is 0 Å². The van der Waals surface area contributed by atoms with Crippen LogP contribution in [0.4, 0.5) is 5.69 Å². The number of benzene rings is 2. The molecule has 0 amide bonds. The standard InChI is InChI=1S/C22H26N4O4S/c1-16(2)26-15-23-21-10-9-19(14-20(21)22(26)27)30-18-8-6-7-17(13-18)24-31(28,29)25-11-4-3-5-12-25/h6-10,13-16,24H,3-5,11-12H2,1-2H3. The molecule has 8 nitrogen and oxygen atoms in total. The van der Waals surface area contributed by atoms with Gasteiger partial charge in [-0.05, 0) is 57.0 Å². The molecule has 164 valence electrons. The van der Waals surface area contributed by atoms with Crippen LogP contribution in [0.1, 0.15) is 39.2 Å². The molecule has 1 saturated heterocycles. The maximum absolute atomic E-state index is 12.7. The Balaban J connectivity index is 1.57. The minimum atomic E-state index is -3.60. The van der Waals surface area contributed by atoms with E-state index < -0.39 is 10.2 Å². The van der Waals surface area contributed by atoms with E-state index in [1.807, 2.05) is 13.8 Å². The lowest BCUT2D eigenvalue weighted by Gasteiger charge is -2.26. The van der Waals surface area contributed by atoms with Crippen molar-refractivity contribution in [1.82, 2.24) is 13.9 Å². The molecule has 2 heterocycles. The number of rotatable bonds is 6. The van der Waals surface area contributed by atoms with Crippen molar-refractivity contribution in [2.45, 2.75) is 39.2 Å². The number of nitrogens with zero attached hydrogens (tertiary/aromatic N) is 3. The van der Waals surface area contributed by atoms with Gasteiger partial charge in [-0.25, -0.2) is 4.98 Å². The van der Waals surface area contributed by atoms with E-state index in [0.29, 0.717) is 41.2 Å². The van der Waals surface area contributed by atoms with Crippen molar-refractivity contribution in [2.24, 2.45) is 0 Å². The Morgan fingerprint density at radius 3 is 2.52 bits per heavy atom. The first-order valence-electron chi connectivity index (χ1n) is 10.4. The molecule has 0 saturated carbocycles. The van der Waals surface area contributed by atoms with Crippen molar-refractivity contribution in [3.05, 3.63) is 59.1 Å². The van der Waals surface area contributed by atoms with Crippen LogP contribution in [-0.2, 0) is 10.2 Å². The van der Waals surface area contributed by atoms with Gasteiger partial charge in [0.1, 0.15) is 11.5 Å². The highest BCUT2D eigenvalue weighted by molar-refractivity contribution is 7.90. The van der Waals surface area contributed by atoms with E-state index in [0.717, 1.165) is 19.3 Å². The van der Waals surface area contributed by atoms with Gasteiger partial charge in [-0.3, -0.25) is 14.1 Å². The molecule has 0 unspecified atom stereocenters. The summed E-state index contributed by atoms with van der Waals surface area (Å²) in [6, 6.07) is 11.9. The monoisotopic (exact) mass is 442 g/mol. The van der Waals surface area contributed by atoms with Crippen LogP contribution in [0.15, 0.2) is 53.6 Å². The highest BCUT2D eigenvalue weighted by Crippen LogP contribution is 2.27. The Labute approximate surface area is 181 Å². The van der Waals surface area contributed by atoms with Crippen LogP contribution in [-0.4, -0.2) is 35.4 Å². The second kappa shape index (κ2) is 8.68. The normalized spacial score (nSPS) is 15.3. The van der Waals surface area contributed by atoms with Gasteiger partial charge in [0.2, 0.25) is 0 Å². The average Bonchev–Trinajstić information content (AvgIpc) is 2.75. The fourth-order valence-electron chi connectivity index (χ4n) is 3.62. The zero-order valence-corrected chi connectivity index (χ0v) is 18.4. The molecule has 0 aliphatic carbocycles. The summed E-state index contributed by atoms with van der Waals surface area (Å²) in [6.07, 6.45) is 4.35. The van der Waals surface area contributed by atoms with Crippen LogP contribution in [0.5, 0.6) is 11.5 Å². The number of anilines is 1. The molecule has 2 aromatic carbocycles. The molecule has 0 atom stereocenters. The lowest BCUT2D eigenvalue weighted by molar-refractivity contribution is 0.349. The van der Waals surface area contributed by atoms with Crippen molar-refractivity contribution in [1.29, 1.82) is 0 Å². The number of piperidine rings is 1. The predicted octanol–water partition coefficient (Wildman–Crippen LogP) is 3.91. The van der Waals surface area contributed by atoms with Gasteiger partial charge in [0, 0.05) is 25.2 Å². The first kappa shape index (κ1) is 21.3. The Bertz CT molecular complexity index is 1250. The molecule has 1 aliphatic heterocycles. The summed E-state index contributed by atoms with van der Waals surface area (Å²) in [5, 5.41) is 0.468. The van der Waals surface area contributed by atoms with Crippen molar-refractivity contribution >= 4 is 26.8 Å². The number of fused-ring (bicyclic) bond motifs is 1. The fraction of sp³-hybridized carbons (Fsp3) is 0.364. The van der Waals surface area contributed by atoms with E-state index in [4.69, 9.17) is 4.74 Å². The largest absolute Gasteiger partial charge is 0.457 e. The molecule has 3 aromatic rings. The maximum Gasteiger partial charge on any atom is 0.301 e. The minimum absolute atomic E-state index is 0.00131. The third-order valence-corrected chi connectivity index (χ3v) is 6.82. The number of hydrogen-bond acceptors (Lipinski definition) is 5. The lowest BCUT2D eigenvalue weighted by atomic mass is 10.2. The number of ether oxygens (including phenoxy) is 1. The number of nitrogens with one attached hydrogen (secondary N) is 1. The van der Waals surface area contributed by atoms with Crippen molar-refractivity contribution in [3.8, 4) is 11.5 Å².